The Balaban J connectivity index is 1.76. The largest absolute Gasteiger partial charge is 0.301 e. The summed E-state index contributed by atoms with van der Waals surface area (Å²) in [7, 11) is -4.18. The van der Waals surface area contributed by atoms with Crippen molar-refractivity contribution in [2.75, 3.05) is 17.3 Å². The fourth-order valence-corrected chi connectivity index (χ4v) is 6.13. The molecule has 1 aliphatic carbocycles. The van der Waals surface area contributed by atoms with Crippen molar-refractivity contribution in [1.82, 2.24) is 9.71 Å². The molecule has 0 spiro atoms. The Labute approximate surface area is 178 Å². The summed E-state index contributed by atoms with van der Waals surface area (Å²) in [5, 5.41) is 3.23. The maximum Gasteiger partial charge on any atom is 0.244 e. The fraction of sp³-hybridized carbons (Fsp3) is 0.474. The third kappa shape index (κ3) is 5.56. The highest BCUT2D eigenvalue weighted by atomic mass is 32.2. The maximum absolute atomic E-state index is 14.0. The zero-order chi connectivity index (χ0) is 21.0. The van der Waals surface area contributed by atoms with Gasteiger partial charge in [-0.25, -0.2) is 17.8 Å². The predicted octanol–water partition coefficient (Wildman–Crippen LogP) is 3.45. The molecule has 158 valence electrons. The summed E-state index contributed by atoms with van der Waals surface area (Å²) in [5.74, 6) is -0.179. The van der Waals surface area contributed by atoms with Crippen LogP contribution in [-0.4, -0.2) is 37.4 Å². The highest BCUT2D eigenvalue weighted by Crippen LogP contribution is 2.32. The van der Waals surface area contributed by atoms with Gasteiger partial charge in [-0.1, -0.05) is 19.1 Å². The Bertz CT molecular complexity index is 978. The average molecular weight is 458 g/mol. The van der Waals surface area contributed by atoms with E-state index in [4.69, 9.17) is 0 Å². The first-order valence-corrected chi connectivity index (χ1v) is 13.0. The van der Waals surface area contributed by atoms with Gasteiger partial charge in [-0.3, -0.25) is 4.79 Å². The first kappa shape index (κ1) is 22.2. The van der Waals surface area contributed by atoms with Gasteiger partial charge < -0.3 is 5.32 Å². The summed E-state index contributed by atoms with van der Waals surface area (Å²) in [6.45, 7) is 2.19. The second-order valence-corrected chi connectivity index (χ2v) is 10.9. The van der Waals surface area contributed by atoms with Gasteiger partial charge in [-0.2, -0.15) is 16.5 Å². The van der Waals surface area contributed by atoms with Gasteiger partial charge >= 0.3 is 0 Å². The van der Waals surface area contributed by atoms with E-state index in [1.807, 2.05) is 6.26 Å². The van der Waals surface area contributed by atoms with Crippen molar-refractivity contribution in [2.45, 2.75) is 43.5 Å². The Morgan fingerprint density at radius 2 is 2.17 bits per heavy atom. The van der Waals surface area contributed by atoms with E-state index in [1.165, 1.54) is 46.2 Å². The number of thiazole rings is 1. The molecule has 29 heavy (non-hydrogen) atoms. The number of nitrogens with zero attached hydrogens (tertiary/aromatic N) is 1. The molecule has 3 rings (SSSR count). The van der Waals surface area contributed by atoms with Gasteiger partial charge in [-0.15, -0.1) is 11.3 Å². The number of hydrogen-bond donors (Lipinski definition) is 2. The lowest BCUT2D eigenvalue weighted by Gasteiger charge is -2.17. The number of aromatic nitrogens is 1. The number of halogens is 1. The van der Waals surface area contributed by atoms with E-state index in [2.05, 4.69) is 21.9 Å². The number of hydrogen-bond acceptors (Lipinski definition) is 6. The number of carbonyl (C=O) groups excluding carboxylic acids is 1. The van der Waals surface area contributed by atoms with E-state index in [0.29, 0.717) is 16.8 Å². The molecule has 0 saturated heterocycles. The maximum atomic E-state index is 14.0. The van der Waals surface area contributed by atoms with E-state index >= 15 is 0 Å². The van der Waals surface area contributed by atoms with Crippen molar-refractivity contribution in [2.24, 2.45) is 5.92 Å². The van der Waals surface area contributed by atoms with Crippen LogP contribution in [-0.2, 0) is 27.7 Å². The number of fused-ring (bicyclic) bond motifs is 1. The summed E-state index contributed by atoms with van der Waals surface area (Å²) >= 11 is 2.94. The minimum atomic E-state index is -4.18. The van der Waals surface area contributed by atoms with Gasteiger partial charge in [0.1, 0.15) is 16.8 Å². The molecule has 0 aliphatic heterocycles. The molecule has 1 heterocycles. The first-order valence-electron chi connectivity index (χ1n) is 9.35. The number of rotatable bonds is 8. The van der Waals surface area contributed by atoms with Crippen LogP contribution in [0.2, 0.25) is 0 Å². The zero-order valence-corrected chi connectivity index (χ0v) is 18.7. The van der Waals surface area contributed by atoms with E-state index in [0.717, 1.165) is 31.0 Å². The van der Waals surface area contributed by atoms with Crippen LogP contribution in [0.25, 0.3) is 0 Å². The quantitative estimate of drug-likeness (QED) is 0.634. The van der Waals surface area contributed by atoms with Gasteiger partial charge in [0.05, 0.1) is 5.69 Å². The number of aryl methyl sites for hydroxylation is 1. The van der Waals surface area contributed by atoms with Crippen LogP contribution in [0.15, 0.2) is 29.2 Å². The molecule has 6 nitrogen and oxygen atoms in total. The number of anilines is 1. The molecule has 1 amide bonds. The van der Waals surface area contributed by atoms with Crippen LogP contribution >= 0.6 is 23.1 Å². The topological polar surface area (TPSA) is 88.2 Å². The number of amides is 1. The summed E-state index contributed by atoms with van der Waals surface area (Å²) in [4.78, 5) is 18.0. The molecule has 2 aromatic rings. The molecule has 0 bridgehead atoms. The van der Waals surface area contributed by atoms with E-state index < -0.39 is 32.7 Å². The molecule has 0 radical (unpaired) electrons. The van der Waals surface area contributed by atoms with Gasteiger partial charge in [0.15, 0.2) is 5.13 Å². The third-order valence-electron chi connectivity index (χ3n) is 4.77. The summed E-state index contributed by atoms with van der Waals surface area (Å²) in [6, 6.07) is 4.09. The number of sulfonamides is 1. The first-order chi connectivity index (χ1) is 13.8. The smallest absolute Gasteiger partial charge is 0.244 e. The van der Waals surface area contributed by atoms with Crippen molar-refractivity contribution < 1.29 is 17.6 Å². The number of benzene rings is 1. The van der Waals surface area contributed by atoms with Crippen LogP contribution in [0, 0.1) is 11.7 Å². The van der Waals surface area contributed by atoms with Crippen LogP contribution in [0.1, 0.15) is 30.3 Å². The molecule has 1 aromatic carbocycles. The lowest BCUT2D eigenvalue weighted by atomic mass is 9.93. The van der Waals surface area contributed by atoms with Crippen molar-refractivity contribution >= 4 is 44.2 Å². The SMILES string of the molecule is CSCC[C@@H](NS(=O)(=O)c1ccccc1F)C(=O)Nc1nc2c(s1)C[C@H](C)CC2. The molecular weight excluding hydrogens is 433 g/mol. The molecule has 2 N–H and O–H groups in total. The molecular formula is C19H24FN3O3S3. The molecule has 1 aliphatic rings. The lowest BCUT2D eigenvalue weighted by molar-refractivity contribution is -0.117. The standard InChI is InChI=1S/C19H24FN3O3S3/c1-12-7-8-14-16(11-12)28-19(21-14)22-18(24)15(9-10-27-2)23-29(25,26)17-6-4-3-5-13(17)20/h3-6,12,15,23H,7-11H2,1-2H3,(H,21,22,24)/t12-,15-/m1/s1. The van der Waals surface area contributed by atoms with Crippen LogP contribution in [0.5, 0.6) is 0 Å². The Morgan fingerprint density at radius 3 is 2.90 bits per heavy atom. The Kier molecular flexibility index (Phi) is 7.31. The van der Waals surface area contributed by atoms with Crippen molar-refractivity contribution in [3.8, 4) is 0 Å². The monoisotopic (exact) mass is 457 g/mol. The normalized spacial score (nSPS) is 17.6. The fourth-order valence-electron chi connectivity index (χ4n) is 3.18. The van der Waals surface area contributed by atoms with Crippen molar-refractivity contribution in [3.05, 3.63) is 40.7 Å². The van der Waals surface area contributed by atoms with Gasteiger partial charge in [0, 0.05) is 4.88 Å². The minimum absolute atomic E-state index is 0.281. The van der Waals surface area contributed by atoms with Crippen molar-refractivity contribution in [1.29, 1.82) is 0 Å². The minimum Gasteiger partial charge on any atom is -0.301 e. The predicted molar refractivity (Wildman–Crippen MR) is 115 cm³/mol. The van der Waals surface area contributed by atoms with Gasteiger partial charge in [0.2, 0.25) is 15.9 Å². The van der Waals surface area contributed by atoms with Crippen LogP contribution < -0.4 is 10.0 Å². The van der Waals surface area contributed by atoms with E-state index in [-0.39, 0.29) is 6.42 Å². The highest BCUT2D eigenvalue weighted by Gasteiger charge is 2.28. The highest BCUT2D eigenvalue weighted by molar-refractivity contribution is 7.98. The summed E-state index contributed by atoms with van der Waals surface area (Å²) < 4.78 is 41.6. The molecule has 0 saturated carbocycles. The second kappa shape index (κ2) is 9.55. The number of carbonyl (C=O) groups is 1. The van der Waals surface area contributed by atoms with E-state index in [9.17, 15) is 17.6 Å². The molecule has 0 fully saturated rings. The Hall–Kier alpha value is -1.49. The van der Waals surface area contributed by atoms with Crippen molar-refractivity contribution in [3.63, 3.8) is 0 Å². The van der Waals surface area contributed by atoms with Gasteiger partial charge in [0.25, 0.3) is 0 Å². The summed E-state index contributed by atoms with van der Waals surface area (Å²) in [6.07, 6.45) is 5.06. The second-order valence-electron chi connectivity index (χ2n) is 7.11. The lowest BCUT2D eigenvalue weighted by Crippen LogP contribution is -2.44. The molecule has 1 aromatic heterocycles. The van der Waals surface area contributed by atoms with Crippen LogP contribution in [0.3, 0.4) is 0 Å². The zero-order valence-electron chi connectivity index (χ0n) is 16.3. The van der Waals surface area contributed by atoms with Gasteiger partial charge in [-0.05, 0) is 55.7 Å². The Morgan fingerprint density at radius 1 is 1.41 bits per heavy atom. The van der Waals surface area contributed by atoms with E-state index in [1.54, 1.807) is 0 Å². The summed E-state index contributed by atoms with van der Waals surface area (Å²) in [5.41, 5.74) is 1.01. The average Bonchev–Trinajstić information content (AvgIpc) is 3.06. The van der Waals surface area contributed by atoms with Crippen LogP contribution in [0.4, 0.5) is 9.52 Å². The molecule has 0 unspecified atom stereocenters. The third-order valence-corrected chi connectivity index (χ3v) is 7.95. The molecule has 10 heteroatoms. The molecule has 2 atom stereocenters. The number of nitrogens with one attached hydrogen (secondary N) is 2. The number of thioether (sulfide) groups is 1.